The van der Waals surface area contributed by atoms with E-state index < -0.39 is 22.1 Å². The first-order chi connectivity index (χ1) is 15.4. The highest BCUT2D eigenvalue weighted by molar-refractivity contribution is 7.89. The summed E-state index contributed by atoms with van der Waals surface area (Å²) in [7, 11) is -3.79. The fourth-order valence-corrected chi connectivity index (χ4v) is 5.19. The Balaban J connectivity index is 1.50. The molecule has 0 saturated carbocycles. The first kappa shape index (κ1) is 21.9. The molecular weight excluding hydrogens is 426 g/mol. The number of ketones is 1. The van der Waals surface area contributed by atoms with E-state index in [1.165, 1.54) is 35.5 Å². The van der Waals surface area contributed by atoms with Gasteiger partial charge < -0.3 is 4.74 Å². The van der Waals surface area contributed by atoms with Crippen molar-refractivity contribution in [2.45, 2.75) is 30.9 Å². The van der Waals surface area contributed by atoms with Crippen LogP contribution in [0.1, 0.15) is 38.8 Å². The first-order valence-electron chi connectivity index (χ1n) is 10.3. The number of sulfonamides is 1. The van der Waals surface area contributed by atoms with Gasteiger partial charge in [0.15, 0.2) is 6.10 Å². The second kappa shape index (κ2) is 9.06. The summed E-state index contributed by atoms with van der Waals surface area (Å²) in [6, 6.07) is 22.1. The van der Waals surface area contributed by atoms with Crippen molar-refractivity contribution in [3.05, 3.63) is 101 Å². The average Bonchev–Trinajstić information content (AvgIpc) is 2.83. The number of Topliss-reactive ketones (excluding diaryl/α,β-unsaturated/α-hetero) is 1. The van der Waals surface area contributed by atoms with E-state index in [1.54, 1.807) is 30.3 Å². The van der Waals surface area contributed by atoms with E-state index in [-0.39, 0.29) is 22.8 Å². The summed E-state index contributed by atoms with van der Waals surface area (Å²) < 4.78 is 33.1. The molecular formula is C25H23NO5S. The number of hydrogen-bond acceptors (Lipinski definition) is 5. The van der Waals surface area contributed by atoms with Crippen LogP contribution in [-0.2, 0) is 27.7 Å². The molecule has 0 aliphatic carbocycles. The van der Waals surface area contributed by atoms with Crippen LogP contribution >= 0.6 is 0 Å². The minimum Gasteiger partial charge on any atom is -0.451 e. The lowest BCUT2D eigenvalue weighted by atomic mass is 10.0. The average molecular weight is 450 g/mol. The maximum atomic E-state index is 13.2. The molecule has 6 nitrogen and oxygen atoms in total. The van der Waals surface area contributed by atoms with Crippen molar-refractivity contribution in [1.82, 2.24) is 4.31 Å². The summed E-state index contributed by atoms with van der Waals surface area (Å²) in [5, 5.41) is 0. The smallest absolute Gasteiger partial charge is 0.338 e. The molecule has 0 N–H and O–H groups in total. The topological polar surface area (TPSA) is 80.8 Å². The van der Waals surface area contributed by atoms with Gasteiger partial charge in [-0.2, -0.15) is 4.31 Å². The highest BCUT2D eigenvalue weighted by Gasteiger charge is 2.29. The van der Waals surface area contributed by atoms with E-state index in [1.807, 2.05) is 24.3 Å². The van der Waals surface area contributed by atoms with E-state index in [9.17, 15) is 18.0 Å². The molecule has 0 bridgehead atoms. The molecule has 0 unspecified atom stereocenters. The zero-order valence-electron chi connectivity index (χ0n) is 17.6. The molecule has 1 heterocycles. The van der Waals surface area contributed by atoms with Crippen LogP contribution in [0.2, 0.25) is 0 Å². The Hall–Kier alpha value is -3.29. The normalized spacial score (nSPS) is 14.9. The van der Waals surface area contributed by atoms with Gasteiger partial charge in [0.05, 0.1) is 10.5 Å². The standard InChI is InChI=1S/C25H23NO5S/c1-18(24(27)20-9-3-2-4-10-20)31-25(28)21-12-7-13-23(16-21)32(29,30)26-15-14-19-8-5-6-11-22(19)17-26/h2-13,16,18H,14-15,17H2,1H3/t18-/m1/s1. The Morgan fingerprint density at radius 3 is 2.28 bits per heavy atom. The third-order valence-corrected chi connectivity index (χ3v) is 7.36. The second-order valence-electron chi connectivity index (χ2n) is 7.66. The molecule has 0 fully saturated rings. The number of carbonyl (C=O) groups excluding carboxylic acids is 2. The van der Waals surface area contributed by atoms with Crippen LogP contribution in [0.4, 0.5) is 0 Å². The van der Waals surface area contributed by atoms with Gasteiger partial charge in [-0.05, 0) is 42.7 Å². The quantitative estimate of drug-likeness (QED) is 0.422. The largest absolute Gasteiger partial charge is 0.451 e. The molecule has 1 atom stereocenters. The van der Waals surface area contributed by atoms with E-state index in [2.05, 4.69) is 0 Å². The van der Waals surface area contributed by atoms with Gasteiger partial charge >= 0.3 is 5.97 Å². The van der Waals surface area contributed by atoms with Gasteiger partial charge in [-0.3, -0.25) is 4.79 Å². The molecule has 4 rings (SSSR count). The minimum atomic E-state index is -3.79. The number of rotatable bonds is 6. The molecule has 1 aliphatic heterocycles. The Labute approximate surface area is 187 Å². The SMILES string of the molecule is C[C@@H](OC(=O)c1cccc(S(=O)(=O)N2CCc3ccccc3C2)c1)C(=O)c1ccccc1. The summed E-state index contributed by atoms with van der Waals surface area (Å²) in [4.78, 5) is 25.1. The number of benzene rings is 3. The highest BCUT2D eigenvalue weighted by Crippen LogP contribution is 2.25. The van der Waals surface area contributed by atoms with Crippen LogP contribution in [0.5, 0.6) is 0 Å². The van der Waals surface area contributed by atoms with Crippen molar-refractivity contribution >= 4 is 21.8 Å². The lowest BCUT2D eigenvalue weighted by molar-refractivity contribution is 0.0318. The van der Waals surface area contributed by atoms with Gasteiger partial charge in [-0.15, -0.1) is 0 Å². The lowest BCUT2D eigenvalue weighted by Gasteiger charge is -2.28. The summed E-state index contributed by atoms with van der Waals surface area (Å²) in [6.07, 6.45) is -0.361. The number of hydrogen-bond donors (Lipinski definition) is 0. The number of fused-ring (bicyclic) bond motifs is 1. The van der Waals surface area contributed by atoms with E-state index in [0.717, 1.165) is 11.1 Å². The molecule has 32 heavy (non-hydrogen) atoms. The highest BCUT2D eigenvalue weighted by atomic mass is 32.2. The number of carbonyl (C=O) groups is 2. The van der Waals surface area contributed by atoms with E-state index in [0.29, 0.717) is 18.5 Å². The predicted octanol–water partition coefficient (Wildman–Crippen LogP) is 3.86. The summed E-state index contributed by atoms with van der Waals surface area (Å²) in [5.74, 6) is -1.07. The van der Waals surface area contributed by atoms with Gasteiger partial charge in [0.2, 0.25) is 15.8 Å². The van der Waals surface area contributed by atoms with Gasteiger partial charge in [-0.25, -0.2) is 13.2 Å². The Morgan fingerprint density at radius 2 is 1.53 bits per heavy atom. The Morgan fingerprint density at radius 1 is 0.875 bits per heavy atom. The molecule has 1 aliphatic rings. The Kier molecular flexibility index (Phi) is 6.21. The summed E-state index contributed by atoms with van der Waals surface area (Å²) >= 11 is 0. The van der Waals surface area contributed by atoms with Crippen molar-refractivity contribution in [2.24, 2.45) is 0 Å². The molecule has 0 spiro atoms. The van der Waals surface area contributed by atoms with Crippen LogP contribution in [0, 0.1) is 0 Å². The second-order valence-corrected chi connectivity index (χ2v) is 9.60. The maximum Gasteiger partial charge on any atom is 0.338 e. The van der Waals surface area contributed by atoms with Crippen molar-refractivity contribution in [3.63, 3.8) is 0 Å². The van der Waals surface area contributed by atoms with Crippen LogP contribution in [0.15, 0.2) is 83.8 Å². The summed E-state index contributed by atoms with van der Waals surface area (Å²) in [6.45, 7) is 2.16. The molecule has 0 aromatic heterocycles. The Bertz CT molecular complexity index is 1250. The fourth-order valence-electron chi connectivity index (χ4n) is 3.73. The van der Waals surface area contributed by atoms with Crippen molar-refractivity contribution in [1.29, 1.82) is 0 Å². The fraction of sp³-hybridized carbons (Fsp3) is 0.200. The van der Waals surface area contributed by atoms with Crippen LogP contribution in [-0.4, -0.2) is 37.1 Å². The van der Waals surface area contributed by atoms with Gasteiger partial charge in [0, 0.05) is 18.7 Å². The molecule has 0 amide bonds. The minimum absolute atomic E-state index is 0.0216. The summed E-state index contributed by atoms with van der Waals surface area (Å²) in [5.41, 5.74) is 2.64. The third-order valence-electron chi connectivity index (χ3n) is 5.51. The predicted molar refractivity (Wildman–Crippen MR) is 120 cm³/mol. The van der Waals surface area contributed by atoms with Gasteiger partial charge in [0.25, 0.3) is 0 Å². The number of nitrogens with zero attached hydrogens (tertiary/aromatic N) is 1. The zero-order valence-corrected chi connectivity index (χ0v) is 18.4. The van der Waals surface area contributed by atoms with E-state index in [4.69, 9.17) is 4.74 Å². The first-order valence-corrected chi connectivity index (χ1v) is 11.8. The third kappa shape index (κ3) is 4.49. The zero-order chi connectivity index (χ0) is 22.7. The lowest BCUT2D eigenvalue weighted by Crippen LogP contribution is -2.36. The molecule has 0 radical (unpaired) electrons. The molecule has 164 valence electrons. The van der Waals surface area contributed by atoms with Crippen LogP contribution < -0.4 is 0 Å². The van der Waals surface area contributed by atoms with Crippen LogP contribution in [0.3, 0.4) is 0 Å². The van der Waals surface area contributed by atoms with Gasteiger partial charge in [-0.1, -0.05) is 60.7 Å². The number of ether oxygens (including phenoxy) is 1. The van der Waals surface area contributed by atoms with Crippen LogP contribution in [0.25, 0.3) is 0 Å². The number of esters is 1. The van der Waals surface area contributed by atoms with Crippen molar-refractivity contribution in [3.8, 4) is 0 Å². The van der Waals surface area contributed by atoms with Crippen molar-refractivity contribution in [2.75, 3.05) is 6.54 Å². The monoisotopic (exact) mass is 449 g/mol. The molecule has 3 aromatic rings. The molecule has 3 aromatic carbocycles. The molecule has 7 heteroatoms. The van der Waals surface area contributed by atoms with Crippen molar-refractivity contribution < 1.29 is 22.7 Å². The van der Waals surface area contributed by atoms with E-state index >= 15 is 0 Å². The molecule has 0 saturated heterocycles. The maximum absolute atomic E-state index is 13.2. The van der Waals surface area contributed by atoms with Gasteiger partial charge in [0.1, 0.15) is 0 Å².